The van der Waals surface area contributed by atoms with Crippen LogP contribution in [0.1, 0.15) is 83.0 Å². The molecule has 0 spiro atoms. The number of carboxylic acid groups (broad SMARTS) is 1. The Hall–Kier alpha value is -5.81. The molecule has 1 aliphatic heterocycles. The Morgan fingerprint density at radius 2 is 1.63 bits per heavy atom. The molecule has 59 heavy (non-hydrogen) atoms. The lowest BCUT2D eigenvalue weighted by molar-refractivity contribution is -0.144. The minimum atomic E-state index is -1.42. The number of hydrogen-bond acceptors (Lipinski definition) is 9. The highest BCUT2D eigenvalue weighted by molar-refractivity contribution is 6.04. The molecule has 1 saturated heterocycles. The molecule has 1 aliphatic rings. The van der Waals surface area contributed by atoms with E-state index in [0.717, 1.165) is 28.7 Å². The number of nitrogens with one attached hydrogen (secondary N) is 2. The van der Waals surface area contributed by atoms with E-state index in [-0.39, 0.29) is 69.4 Å². The van der Waals surface area contributed by atoms with Gasteiger partial charge in [0.2, 0.25) is 29.5 Å². The van der Waals surface area contributed by atoms with Gasteiger partial charge >= 0.3 is 5.97 Å². The third-order valence-corrected chi connectivity index (χ3v) is 9.98. The van der Waals surface area contributed by atoms with Crippen LogP contribution in [-0.2, 0) is 40.1 Å². The third-order valence-electron chi connectivity index (χ3n) is 9.98. The van der Waals surface area contributed by atoms with Crippen molar-refractivity contribution in [2.24, 2.45) is 11.1 Å². The lowest BCUT2D eigenvalue weighted by Gasteiger charge is -2.41. The molecule has 318 valence electrons. The van der Waals surface area contributed by atoms with Crippen LogP contribution in [0.2, 0.25) is 0 Å². The van der Waals surface area contributed by atoms with Gasteiger partial charge in [-0.3, -0.25) is 33.7 Å². The Labute approximate surface area is 340 Å². The number of aliphatic hydroxyl groups excluding tert-OH is 1. The number of nitrogens with zero attached hydrogens (tertiary/aromatic N) is 3. The number of likely N-dealkylation sites (tertiary alicyclic amines) is 1. The topological polar surface area (TPSA) is 221 Å². The molecule has 3 aromatic rings. The first-order valence-corrected chi connectivity index (χ1v) is 19.4. The van der Waals surface area contributed by atoms with Gasteiger partial charge in [0.05, 0.1) is 12.1 Å². The van der Waals surface area contributed by atoms with E-state index in [9.17, 15) is 48.2 Å². The van der Waals surface area contributed by atoms with Crippen LogP contribution in [0.5, 0.6) is 0 Å². The van der Waals surface area contributed by atoms with Crippen LogP contribution in [-0.4, -0.2) is 104 Å². The number of carbonyl (C=O) groups is 7. The van der Waals surface area contributed by atoms with Crippen molar-refractivity contribution in [3.8, 4) is 11.1 Å². The molecule has 1 aromatic heterocycles. The molecular weight excluding hydrogens is 770 g/mol. The van der Waals surface area contributed by atoms with Crippen molar-refractivity contribution < 1.29 is 52.6 Å². The van der Waals surface area contributed by atoms with E-state index in [1.807, 2.05) is 55.7 Å². The number of nitrogens with two attached hydrogens (primary N) is 1. The second kappa shape index (κ2) is 20.7. The minimum absolute atomic E-state index is 0.0111. The van der Waals surface area contributed by atoms with Crippen LogP contribution in [0.4, 0.5) is 8.78 Å². The number of aliphatic carboxylic acids is 1. The fraction of sp³-hybridized carbons (Fsp3) is 0.452. The lowest BCUT2D eigenvalue weighted by atomic mass is 9.82. The molecule has 4 rings (SSSR count). The molecule has 2 aromatic carbocycles. The first kappa shape index (κ1) is 45.9. The van der Waals surface area contributed by atoms with Crippen molar-refractivity contribution in [3.63, 3.8) is 0 Å². The number of hydrogen-bond donors (Lipinski definition) is 5. The molecule has 3 atom stereocenters. The second-order valence-electron chi connectivity index (χ2n) is 15.6. The summed E-state index contributed by atoms with van der Waals surface area (Å²) >= 11 is 0. The van der Waals surface area contributed by atoms with Gasteiger partial charge in [0.15, 0.2) is 0 Å². The summed E-state index contributed by atoms with van der Waals surface area (Å²) in [5.74, 6) is -6.03. The molecule has 2 heterocycles. The molecule has 5 amide bonds. The number of carboxylic acids is 1. The lowest BCUT2D eigenvalue weighted by Crippen LogP contribution is -2.47. The number of Topliss-reactive ketones (excluding diaryl/α,β-unsaturated/α-hetero) is 1. The van der Waals surface area contributed by atoms with Crippen LogP contribution in [0.25, 0.3) is 11.1 Å². The third kappa shape index (κ3) is 12.8. The molecule has 0 saturated carbocycles. The predicted octanol–water partition coefficient (Wildman–Crippen LogP) is 3.07. The first-order chi connectivity index (χ1) is 27.9. The molecule has 17 heteroatoms. The summed E-state index contributed by atoms with van der Waals surface area (Å²) in [5, 5.41) is 24.5. The van der Waals surface area contributed by atoms with Crippen LogP contribution in [0, 0.1) is 17.0 Å². The number of carbonyl (C=O) groups excluding carboxylic acids is 6. The minimum Gasteiger partial charge on any atom is -0.480 e. The van der Waals surface area contributed by atoms with Gasteiger partial charge in [0, 0.05) is 68.3 Å². The summed E-state index contributed by atoms with van der Waals surface area (Å²) in [5.41, 5.74) is 7.48. The summed E-state index contributed by atoms with van der Waals surface area (Å²) in [6.07, 6.45) is 1.41. The van der Waals surface area contributed by atoms with Crippen molar-refractivity contribution in [1.29, 1.82) is 0 Å². The number of aromatic nitrogens is 1. The van der Waals surface area contributed by atoms with E-state index in [1.165, 1.54) is 4.90 Å². The van der Waals surface area contributed by atoms with Gasteiger partial charge in [-0.05, 0) is 54.5 Å². The van der Waals surface area contributed by atoms with Gasteiger partial charge in [-0.1, -0.05) is 51.1 Å². The zero-order valence-electron chi connectivity index (χ0n) is 33.4. The smallest absolute Gasteiger partial charge is 0.326 e. The predicted molar refractivity (Wildman–Crippen MR) is 211 cm³/mol. The average Bonchev–Trinajstić information content (AvgIpc) is 3.73. The highest BCUT2D eigenvalue weighted by Crippen LogP contribution is 2.41. The molecule has 0 aliphatic carbocycles. The van der Waals surface area contributed by atoms with Crippen LogP contribution in [0.3, 0.4) is 0 Å². The maximum absolute atomic E-state index is 15.0. The Morgan fingerprint density at radius 1 is 0.949 bits per heavy atom. The highest BCUT2D eigenvalue weighted by Gasteiger charge is 2.38. The van der Waals surface area contributed by atoms with Gasteiger partial charge in [0.1, 0.15) is 36.6 Å². The van der Waals surface area contributed by atoms with Crippen molar-refractivity contribution in [2.45, 2.75) is 90.4 Å². The number of aliphatic hydroxyl groups is 1. The fourth-order valence-corrected chi connectivity index (χ4v) is 7.01. The molecule has 0 radical (unpaired) electrons. The number of halogens is 2. The monoisotopic (exact) mass is 822 g/mol. The maximum atomic E-state index is 15.0. The summed E-state index contributed by atoms with van der Waals surface area (Å²) < 4.78 is 31.2. The van der Waals surface area contributed by atoms with Gasteiger partial charge in [-0.25, -0.2) is 13.6 Å². The van der Waals surface area contributed by atoms with Gasteiger partial charge in [-0.15, -0.1) is 0 Å². The van der Waals surface area contributed by atoms with Crippen LogP contribution in [0.15, 0.2) is 60.8 Å². The number of ketones is 1. The van der Waals surface area contributed by atoms with E-state index in [4.69, 9.17) is 5.73 Å². The van der Waals surface area contributed by atoms with E-state index < -0.39 is 83.8 Å². The molecule has 0 unspecified atom stereocenters. The summed E-state index contributed by atoms with van der Waals surface area (Å²) in [4.78, 5) is 88.7. The Balaban J connectivity index is 1.37. The molecule has 15 nitrogen and oxygen atoms in total. The van der Waals surface area contributed by atoms with Crippen molar-refractivity contribution in [3.05, 3.63) is 83.7 Å². The number of rotatable bonds is 21. The number of amides is 5. The zero-order chi connectivity index (χ0) is 43.4. The average molecular weight is 823 g/mol. The standard InChI is InChI=1S/C42H52F2N6O9/c1-42(2,3)39(34-20-27(30-21-28(43)11-13-31(30)44)23-48(34)22-26-8-5-4-6-9-26)49(38(56)25-51)19-17-32(45)40(57)46-18-7-10-29(52)12-14-33(41(58)59)47-35(53)24-50-36(54)15-16-37(50)55/h4-6,8-9,11,13,20-21,23,32-33,39,51H,7,10,12,14-19,22,24-25,45H2,1-3H3,(H,46,57)(H,47,53)(H,58,59)/t32-,33-,39-/m0/s1. The Morgan fingerprint density at radius 3 is 2.25 bits per heavy atom. The molecule has 6 N–H and O–H groups in total. The molecule has 0 bridgehead atoms. The van der Waals surface area contributed by atoms with Crippen molar-refractivity contribution in [2.75, 3.05) is 26.2 Å². The van der Waals surface area contributed by atoms with Crippen molar-refractivity contribution >= 4 is 41.3 Å². The zero-order valence-corrected chi connectivity index (χ0v) is 33.4. The SMILES string of the molecule is CC(C)(C)[C@H](c1cc(-c2cc(F)ccc2F)cn1Cc1ccccc1)N(CC[C@H](N)C(=O)NCCCC(=O)CC[C@H](NC(=O)CN1C(=O)CCC1=O)C(=O)O)C(=O)CO. The van der Waals surface area contributed by atoms with Gasteiger partial charge < -0.3 is 36.0 Å². The van der Waals surface area contributed by atoms with Gasteiger partial charge in [0.25, 0.3) is 0 Å². The molecule has 1 fully saturated rings. The first-order valence-electron chi connectivity index (χ1n) is 19.4. The highest BCUT2D eigenvalue weighted by atomic mass is 19.1. The number of benzene rings is 2. The normalized spacial score (nSPS) is 14.5. The van der Waals surface area contributed by atoms with Crippen molar-refractivity contribution in [1.82, 2.24) is 25.0 Å². The van der Waals surface area contributed by atoms with Crippen LogP contribution >= 0.6 is 0 Å². The Bertz CT molecular complexity index is 2000. The van der Waals surface area contributed by atoms with Gasteiger partial charge in [-0.2, -0.15) is 0 Å². The maximum Gasteiger partial charge on any atom is 0.326 e. The summed E-state index contributed by atoms with van der Waals surface area (Å²) in [7, 11) is 0. The van der Waals surface area contributed by atoms with Crippen LogP contribution < -0.4 is 16.4 Å². The summed E-state index contributed by atoms with van der Waals surface area (Å²) in [6.45, 7) is 4.57. The largest absolute Gasteiger partial charge is 0.480 e. The second-order valence-corrected chi connectivity index (χ2v) is 15.6. The number of imide groups is 1. The van der Waals surface area contributed by atoms with E-state index in [1.54, 1.807) is 12.3 Å². The van der Waals surface area contributed by atoms with E-state index >= 15 is 4.39 Å². The fourth-order valence-electron chi connectivity index (χ4n) is 7.01. The quantitative estimate of drug-likeness (QED) is 0.0781. The van der Waals surface area contributed by atoms with E-state index in [2.05, 4.69) is 10.6 Å². The van der Waals surface area contributed by atoms with E-state index in [0.29, 0.717) is 17.8 Å². The Kier molecular flexibility index (Phi) is 16.1. The molecular formula is C42H52F2N6O9. The summed E-state index contributed by atoms with van der Waals surface area (Å²) in [6, 6.07) is 11.0.